The molecule has 0 saturated carbocycles. The van der Waals surface area contributed by atoms with Crippen molar-refractivity contribution in [3.8, 4) is 0 Å². The van der Waals surface area contributed by atoms with Crippen LogP contribution in [0, 0.1) is 6.92 Å². The minimum Gasteiger partial charge on any atom is -0.309 e. The number of rotatable bonds is 4. The molecule has 0 aromatic carbocycles. The first-order valence-corrected chi connectivity index (χ1v) is 6.44. The minimum atomic E-state index is 0.138. The molecule has 0 aliphatic heterocycles. The molecule has 2 aromatic heterocycles. The summed E-state index contributed by atoms with van der Waals surface area (Å²) in [5.74, 6) is 0. The first-order chi connectivity index (χ1) is 8.27. The Labute approximate surface area is 105 Å². The van der Waals surface area contributed by atoms with Gasteiger partial charge < -0.3 is 5.32 Å². The maximum Gasteiger partial charge on any atom is 0.0804 e. The Hall–Kier alpha value is -1.33. The van der Waals surface area contributed by atoms with Crippen LogP contribution in [0.15, 0.2) is 18.5 Å². The molecule has 0 radical (unpaired) electrons. The topological polar surface area (TPSA) is 50.7 Å². The van der Waals surface area contributed by atoms with Gasteiger partial charge in [0.1, 0.15) is 0 Å². The Balaban J connectivity index is 2.44. The van der Waals surface area contributed by atoms with Gasteiger partial charge in [-0.25, -0.2) is 0 Å². The number of pyridine rings is 1. The quantitative estimate of drug-likeness (QED) is 0.900. The predicted octanol–water partition coefficient (Wildman–Crippen LogP) is 2.11. The van der Waals surface area contributed by atoms with Crippen molar-refractivity contribution in [1.29, 1.82) is 0 Å². The summed E-state index contributed by atoms with van der Waals surface area (Å²) in [6, 6.07) is 2.17. The Kier molecular flexibility index (Phi) is 3.81. The molecule has 1 N–H and O–H groups in total. The van der Waals surface area contributed by atoms with Crippen molar-refractivity contribution in [2.75, 3.05) is 7.05 Å². The largest absolute Gasteiger partial charge is 0.309 e. The standard InChI is InChI=1S/C12H16N4S/c1-4-10-12(17-16-15-10)11(13-3)9-7-14-6-5-8(9)2/h5-7,11,13H,4H2,1-3H3. The summed E-state index contributed by atoms with van der Waals surface area (Å²) in [6.45, 7) is 4.20. The fourth-order valence-electron chi connectivity index (χ4n) is 1.89. The molecular formula is C12H16N4S. The van der Waals surface area contributed by atoms with Gasteiger partial charge in [-0.05, 0) is 49.1 Å². The number of aromatic nitrogens is 3. The molecule has 0 fully saturated rings. The van der Waals surface area contributed by atoms with E-state index in [0.717, 1.165) is 12.1 Å². The van der Waals surface area contributed by atoms with Crippen LogP contribution in [0.5, 0.6) is 0 Å². The van der Waals surface area contributed by atoms with E-state index in [-0.39, 0.29) is 6.04 Å². The Morgan fingerprint density at radius 1 is 1.47 bits per heavy atom. The highest BCUT2D eigenvalue weighted by Gasteiger charge is 2.20. The number of nitrogens with zero attached hydrogens (tertiary/aromatic N) is 3. The highest BCUT2D eigenvalue weighted by atomic mass is 32.1. The molecule has 2 heterocycles. The van der Waals surface area contributed by atoms with Crippen LogP contribution >= 0.6 is 11.5 Å². The lowest BCUT2D eigenvalue weighted by atomic mass is 10.0. The monoisotopic (exact) mass is 248 g/mol. The first-order valence-electron chi connectivity index (χ1n) is 5.66. The summed E-state index contributed by atoms with van der Waals surface area (Å²) >= 11 is 1.46. The zero-order chi connectivity index (χ0) is 12.3. The minimum absolute atomic E-state index is 0.138. The van der Waals surface area contributed by atoms with Crippen molar-refractivity contribution in [3.63, 3.8) is 0 Å². The van der Waals surface area contributed by atoms with E-state index in [2.05, 4.69) is 33.7 Å². The van der Waals surface area contributed by atoms with Gasteiger partial charge in [-0.3, -0.25) is 4.98 Å². The van der Waals surface area contributed by atoms with Gasteiger partial charge in [0.2, 0.25) is 0 Å². The van der Waals surface area contributed by atoms with Gasteiger partial charge >= 0.3 is 0 Å². The summed E-state index contributed by atoms with van der Waals surface area (Å²) in [5.41, 5.74) is 3.49. The van der Waals surface area contributed by atoms with Crippen molar-refractivity contribution >= 4 is 11.5 Å². The molecule has 5 heteroatoms. The van der Waals surface area contributed by atoms with Crippen LogP contribution in [-0.4, -0.2) is 21.6 Å². The third-order valence-corrected chi connectivity index (χ3v) is 3.69. The molecule has 0 aliphatic rings. The highest BCUT2D eigenvalue weighted by molar-refractivity contribution is 7.05. The highest BCUT2D eigenvalue weighted by Crippen LogP contribution is 2.28. The van der Waals surface area contributed by atoms with E-state index in [4.69, 9.17) is 0 Å². The molecule has 2 aromatic rings. The molecule has 2 rings (SSSR count). The maximum absolute atomic E-state index is 4.20. The van der Waals surface area contributed by atoms with Crippen LogP contribution < -0.4 is 5.32 Å². The van der Waals surface area contributed by atoms with Crippen molar-refractivity contribution in [3.05, 3.63) is 40.2 Å². The first kappa shape index (κ1) is 12.1. The average Bonchev–Trinajstić information content (AvgIpc) is 2.81. The Morgan fingerprint density at radius 3 is 2.94 bits per heavy atom. The van der Waals surface area contributed by atoms with E-state index in [1.165, 1.54) is 27.5 Å². The van der Waals surface area contributed by atoms with Gasteiger partial charge in [0, 0.05) is 12.4 Å². The van der Waals surface area contributed by atoms with E-state index in [1.807, 2.05) is 25.5 Å². The number of aryl methyl sites for hydroxylation is 2. The van der Waals surface area contributed by atoms with Crippen molar-refractivity contribution < 1.29 is 0 Å². The summed E-state index contributed by atoms with van der Waals surface area (Å²) in [7, 11) is 1.95. The van der Waals surface area contributed by atoms with Crippen LogP contribution in [0.1, 0.15) is 34.7 Å². The van der Waals surface area contributed by atoms with Gasteiger partial charge in [0.25, 0.3) is 0 Å². The van der Waals surface area contributed by atoms with E-state index in [9.17, 15) is 0 Å². The molecule has 0 spiro atoms. The number of hydrogen-bond donors (Lipinski definition) is 1. The molecule has 0 bridgehead atoms. The van der Waals surface area contributed by atoms with Crippen LogP contribution in [0.3, 0.4) is 0 Å². The SMILES string of the molecule is CCc1nnsc1C(NC)c1cnccc1C. The zero-order valence-electron chi connectivity index (χ0n) is 10.3. The van der Waals surface area contributed by atoms with Gasteiger partial charge in [-0.2, -0.15) is 0 Å². The van der Waals surface area contributed by atoms with Crippen LogP contribution in [0.2, 0.25) is 0 Å². The lowest BCUT2D eigenvalue weighted by Gasteiger charge is -2.17. The van der Waals surface area contributed by atoms with Gasteiger partial charge in [-0.1, -0.05) is 11.4 Å². The summed E-state index contributed by atoms with van der Waals surface area (Å²) in [6.07, 6.45) is 4.64. The normalized spacial score (nSPS) is 12.6. The van der Waals surface area contributed by atoms with Gasteiger partial charge in [0.05, 0.1) is 16.6 Å². The molecule has 17 heavy (non-hydrogen) atoms. The fraction of sp³-hybridized carbons (Fsp3) is 0.417. The van der Waals surface area contributed by atoms with Crippen molar-refractivity contribution in [2.24, 2.45) is 0 Å². The summed E-state index contributed by atoms with van der Waals surface area (Å²) in [4.78, 5) is 5.39. The smallest absolute Gasteiger partial charge is 0.0804 e. The van der Waals surface area contributed by atoms with Gasteiger partial charge in [0.15, 0.2) is 0 Å². The van der Waals surface area contributed by atoms with Crippen LogP contribution in [0.4, 0.5) is 0 Å². The summed E-state index contributed by atoms with van der Waals surface area (Å²) in [5, 5.41) is 7.49. The van der Waals surface area contributed by atoms with Crippen LogP contribution in [0.25, 0.3) is 0 Å². The van der Waals surface area contributed by atoms with Crippen LogP contribution in [-0.2, 0) is 6.42 Å². The zero-order valence-corrected chi connectivity index (χ0v) is 11.1. The van der Waals surface area contributed by atoms with E-state index < -0.39 is 0 Å². The second kappa shape index (κ2) is 5.33. The molecule has 1 unspecified atom stereocenters. The molecule has 0 aliphatic carbocycles. The Bertz CT molecular complexity index is 495. The number of hydrogen-bond acceptors (Lipinski definition) is 5. The predicted molar refractivity (Wildman–Crippen MR) is 69.2 cm³/mol. The molecule has 90 valence electrons. The Morgan fingerprint density at radius 2 is 2.29 bits per heavy atom. The lowest BCUT2D eigenvalue weighted by molar-refractivity contribution is 0.685. The maximum atomic E-state index is 4.20. The molecule has 0 saturated heterocycles. The second-order valence-corrected chi connectivity index (χ2v) is 4.68. The molecule has 0 amide bonds. The molecule has 4 nitrogen and oxygen atoms in total. The van der Waals surface area contributed by atoms with E-state index in [1.54, 1.807) is 0 Å². The lowest BCUT2D eigenvalue weighted by Crippen LogP contribution is -2.19. The molecular weight excluding hydrogens is 232 g/mol. The third-order valence-electron chi connectivity index (χ3n) is 2.86. The second-order valence-electron chi connectivity index (χ2n) is 3.89. The average molecular weight is 248 g/mol. The van der Waals surface area contributed by atoms with Gasteiger partial charge in [-0.15, -0.1) is 5.10 Å². The number of nitrogens with one attached hydrogen (secondary N) is 1. The third kappa shape index (κ3) is 2.35. The van der Waals surface area contributed by atoms with Crippen molar-refractivity contribution in [1.82, 2.24) is 19.9 Å². The van der Waals surface area contributed by atoms with E-state index >= 15 is 0 Å². The van der Waals surface area contributed by atoms with Crippen molar-refractivity contribution in [2.45, 2.75) is 26.3 Å². The van der Waals surface area contributed by atoms with E-state index in [0.29, 0.717) is 0 Å². The molecule has 1 atom stereocenters. The fourth-order valence-corrected chi connectivity index (χ4v) is 2.75. The summed E-state index contributed by atoms with van der Waals surface area (Å²) < 4.78 is 4.05.